The lowest BCUT2D eigenvalue weighted by atomic mass is 10.1. The summed E-state index contributed by atoms with van der Waals surface area (Å²) < 4.78 is 23.8. The fraction of sp³-hybridized carbons (Fsp3) is 0.167. The zero-order valence-corrected chi connectivity index (χ0v) is 19.0. The van der Waals surface area contributed by atoms with E-state index in [1.165, 1.54) is 24.3 Å². The fourth-order valence-corrected chi connectivity index (χ4v) is 3.74. The molecule has 4 rings (SSSR count). The number of hydrogen-bond donors (Lipinski definition) is 2. The number of amides is 2. The van der Waals surface area contributed by atoms with E-state index in [0.717, 1.165) is 17.1 Å². The Kier molecular flexibility index (Phi) is 7.28. The highest BCUT2D eigenvalue weighted by atomic mass is 32.1. The van der Waals surface area contributed by atoms with Crippen molar-refractivity contribution in [1.29, 1.82) is 0 Å². The predicted molar refractivity (Wildman–Crippen MR) is 124 cm³/mol. The molecule has 2 heterocycles. The molecule has 0 spiro atoms. The van der Waals surface area contributed by atoms with Gasteiger partial charge in [0.1, 0.15) is 23.9 Å². The van der Waals surface area contributed by atoms with Crippen molar-refractivity contribution in [2.24, 2.45) is 0 Å². The van der Waals surface area contributed by atoms with E-state index in [2.05, 4.69) is 20.8 Å². The van der Waals surface area contributed by atoms with E-state index < -0.39 is 5.91 Å². The Bertz CT molecular complexity index is 1260. The minimum Gasteiger partial charge on any atom is -0.486 e. The molecule has 0 aliphatic carbocycles. The van der Waals surface area contributed by atoms with Crippen LogP contribution >= 0.6 is 11.3 Å². The number of carbonyl (C=O) groups excluding carboxylic acids is 2. The number of benzene rings is 2. The van der Waals surface area contributed by atoms with Crippen molar-refractivity contribution in [3.05, 3.63) is 94.1 Å². The molecule has 0 aliphatic heterocycles. The summed E-state index contributed by atoms with van der Waals surface area (Å²) in [5, 5.41) is 14.1. The number of anilines is 1. The van der Waals surface area contributed by atoms with E-state index in [0.29, 0.717) is 28.4 Å². The molecule has 34 heavy (non-hydrogen) atoms. The van der Waals surface area contributed by atoms with Gasteiger partial charge in [0, 0.05) is 23.7 Å². The van der Waals surface area contributed by atoms with Crippen LogP contribution in [0.15, 0.2) is 71.3 Å². The zero-order valence-electron chi connectivity index (χ0n) is 18.2. The van der Waals surface area contributed by atoms with Crippen molar-refractivity contribution in [3.63, 3.8) is 0 Å². The molecule has 0 saturated carbocycles. The number of hydrogen-bond acceptors (Lipinski definition) is 7. The summed E-state index contributed by atoms with van der Waals surface area (Å²) in [5.74, 6) is 0.206. The minimum atomic E-state index is -0.450. The van der Waals surface area contributed by atoms with Crippen molar-refractivity contribution in [2.75, 3.05) is 5.32 Å². The van der Waals surface area contributed by atoms with Gasteiger partial charge in [-0.1, -0.05) is 17.4 Å². The number of ether oxygens (including phenoxy) is 1. The number of rotatable bonds is 9. The lowest BCUT2D eigenvalue weighted by molar-refractivity contribution is 0.0938. The quantitative estimate of drug-likeness (QED) is 0.366. The second-order valence-corrected chi connectivity index (χ2v) is 8.50. The predicted octanol–water partition coefficient (Wildman–Crippen LogP) is 4.46. The highest BCUT2D eigenvalue weighted by Crippen LogP contribution is 2.18. The van der Waals surface area contributed by atoms with Gasteiger partial charge in [-0.25, -0.2) is 4.39 Å². The van der Waals surface area contributed by atoms with Gasteiger partial charge < -0.3 is 19.8 Å². The molecule has 0 bridgehead atoms. The van der Waals surface area contributed by atoms with Crippen LogP contribution in [0.3, 0.4) is 0 Å². The summed E-state index contributed by atoms with van der Waals surface area (Å²) >= 11 is 1.08. The maximum Gasteiger partial charge on any atom is 0.286 e. The molecule has 0 radical (unpaired) electrons. The van der Waals surface area contributed by atoms with E-state index in [4.69, 9.17) is 9.15 Å². The molecular formula is C24H21FN4O4S. The summed E-state index contributed by atoms with van der Waals surface area (Å²) in [6, 6.07) is 15.7. The van der Waals surface area contributed by atoms with Crippen LogP contribution in [0.4, 0.5) is 10.1 Å². The monoisotopic (exact) mass is 480 g/mol. The summed E-state index contributed by atoms with van der Waals surface area (Å²) in [5.41, 5.74) is 0.866. The number of carbonyl (C=O) groups is 2. The molecule has 2 aromatic carbocycles. The van der Waals surface area contributed by atoms with Crippen molar-refractivity contribution >= 4 is 28.8 Å². The van der Waals surface area contributed by atoms with Gasteiger partial charge in [0.25, 0.3) is 11.8 Å². The molecule has 0 unspecified atom stereocenters. The largest absolute Gasteiger partial charge is 0.486 e. The number of aromatic nitrogens is 2. The highest BCUT2D eigenvalue weighted by molar-refractivity contribution is 7.13. The van der Waals surface area contributed by atoms with E-state index in [9.17, 15) is 14.0 Å². The summed E-state index contributed by atoms with van der Waals surface area (Å²) in [4.78, 5) is 25.2. The first-order valence-corrected chi connectivity index (χ1v) is 11.2. The first-order valence-electron chi connectivity index (χ1n) is 10.4. The second kappa shape index (κ2) is 10.7. The number of nitrogens with zero attached hydrogens (tertiary/aromatic N) is 2. The Morgan fingerprint density at radius 3 is 2.68 bits per heavy atom. The van der Waals surface area contributed by atoms with E-state index in [1.807, 2.05) is 13.0 Å². The van der Waals surface area contributed by atoms with Crippen molar-refractivity contribution in [3.8, 4) is 5.75 Å². The molecule has 2 aromatic heterocycles. The molecule has 1 atom stereocenters. The van der Waals surface area contributed by atoms with Gasteiger partial charge in [-0.15, -0.1) is 10.2 Å². The van der Waals surface area contributed by atoms with E-state index in [-0.39, 0.29) is 29.4 Å². The smallest absolute Gasteiger partial charge is 0.286 e. The third-order valence-corrected chi connectivity index (χ3v) is 5.58. The SMILES string of the molecule is C[C@@H](Cc1ccco1)NC(=O)c1cccc(NC(=O)c2nnc(COc3ccc(F)cc3)s2)c1. The zero-order chi connectivity index (χ0) is 23.9. The third-order valence-electron chi connectivity index (χ3n) is 4.68. The third kappa shape index (κ3) is 6.26. The Labute approximate surface area is 198 Å². The second-order valence-electron chi connectivity index (χ2n) is 7.44. The first kappa shape index (κ1) is 23.1. The molecule has 0 aliphatic rings. The van der Waals surface area contributed by atoms with Crippen molar-refractivity contribution in [1.82, 2.24) is 15.5 Å². The molecule has 4 aromatic rings. The number of halogens is 1. The molecule has 0 fully saturated rings. The van der Waals surface area contributed by atoms with Gasteiger partial charge >= 0.3 is 0 Å². The van der Waals surface area contributed by atoms with Crippen LogP contribution in [0.2, 0.25) is 0 Å². The maximum atomic E-state index is 13.0. The topological polar surface area (TPSA) is 106 Å². The lowest BCUT2D eigenvalue weighted by Gasteiger charge is -2.13. The van der Waals surface area contributed by atoms with Crippen molar-refractivity contribution in [2.45, 2.75) is 26.0 Å². The van der Waals surface area contributed by atoms with Crippen molar-refractivity contribution < 1.29 is 23.1 Å². The molecule has 174 valence electrons. The molecule has 8 nitrogen and oxygen atoms in total. The minimum absolute atomic E-state index is 0.0996. The Balaban J connectivity index is 1.32. The Hall–Kier alpha value is -4.05. The molecule has 0 saturated heterocycles. The summed E-state index contributed by atoms with van der Waals surface area (Å²) in [7, 11) is 0. The Morgan fingerprint density at radius 2 is 1.91 bits per heavy atom. The lowest BCUT2D eigenvalue weighted by Crippen LogP contribution is -2.34. The van der Waals surface area contributed by atoms with Gasteiger partial charge in [-0.2, -0.15) is 0 Å². The molecule has 2 N–H and O–H groups in total. The first-order chi connectivity index (χ1) is 16.5. The fourth-order valence-electron chi connectivity index (χ4n) is 3.09. The normalized spacial score (nSPS) is 11.6. The van der Waals surface area contributed by atoms with Crippen LogP contribution in [-0.2, 0) is 13.0 Å². The average molecular weight is 481 g/mol. The molecular weight excluding hydrogens is 459 g/mol. The molecule has 2 amide bonds. The van der Waals surface area contributed by atoms with Crippen LogP contribution in [0, 0.1) is 5.82 Å². The van der Waals surface area contributed by atoms with Gasteiger partial charge in [-0.3, -0.25) is 9.59 Å². The maximum absolute atomic E-state index is 13.0. The summed E-state index contributed by atoms with van der Waals surface area (Å²) in [6.45, 7) is 1.99. The molecule has 10 heteroatoms. The van der Waals surface area contributed by atoms with Crippen LogP contribution in [0.25, 0.3) is 0 Å². The van der Waals surface area contributed by atoms with E-state index in [1.54, 1.807) is 36.6 Å². The van der Waals surface area contributed by atoms with Crippen LogP contribution < -0.4 is 15.4 Å². The van der Waals surface area contributed by atoms with Gasteiger partial charge in [-0.05, 0) is 61.5 Å². The Morgan fingerprint density at radius 1 is 1.09 bits per heavy atom. The van der Waals surface area contributed by atoms with Gasteiger partial charge in [0.2, 0.25) is 5.01 Å². The number of furan rings is 1. The number of nitrogens with one attached hydrogen (secondary N) is 2. The van der Waals surface area contributed by atoms with Crippen LogP contribution in [-0.4, -0.2) is 28.1 Å². The van der Waals surface area contributed by atoms with Crippen LogP contribution in [0.1, 0.15) is 37.9 Å². The van der Waals surface area contributed by atoms with Gasteiger partial charge in [0.05, 0.1) is 6.26 Å². The van der Waals surface area contributed by atoms with Crippen LogP contribution in [0.5, 0.6) is 5.75 Å². The standard InChI is InChI=1S/C24H21FN4O4S/c1-15(12-20-6-3-11-32-20)26-22(30)16-4-2-5-18(13-16)27-23(31)24-29-28-21(34-24)14-33-19-9-7-17(25)8-10-19/h2-11,13,15H,12,14H2,1H3,(H,26,30)(H,27,31)/t15-/m0/s1. The highest BCUT2D eigenvalue weighted by Gasteiger charge is 2.16. The van der Waals surface area contributed by atoms with E-state index >= 15 is 0 Å². The summed E-state index contributed by atoms with van der Waals surface area (Å²) in [6.07, 6.45) is 2.16. The average Bonchev–Trinajstić information content (AvgIpc) is 3.51. The van der Waals surface area contributed by atoms with Gasteiger partial charge in [0.15, 0.2) is 5.01 Å².